The van der Waals surface area contributed by atoms with Gasteiger partial charge in [-0.3, -0.25) is 0 Å². The van der Waals surface area contributed by atoms with E-state index in [-0.39, 0.29) is 6.54 Å². The predicted molar refractivity (Wildman–Crippen MR) is 83.8 cm³/mol. The third kappa shape index (κ3) is 5.78. The van der Waals surface area contributed by atoms with E-state index in [1.54, 1.807) is 12.3 Å². The standard InChI is InChI=1S/C14H27N3O3S/c1-4-8-17-12-14(10-13(17)11-15-5-2)21(18,19)16-7-9-20-6-3/h10,12,15-16H,4-9,11H2,1-3H3. The van der Waals surface area contributed by atoms with Crippen molar-refractivity contribution < 1.29 is 13.2 Å². The maximum Gasteiger partial charge on any atom is 0.242 e. The first-order valence-electron chi connectivity index (χ1n) is 7.52. The molecule has 1 rings (SSSR count). The lowest BCUT2D eigenvalue weighted by atomic mass is 10.4. The summed E-state index contributed by atoms with van der Waals surface area (Å²) in [7, 11) is -3.46. The molecule has 0 saturated heterocycles. The normalized spacial score (nSPS) is 12.0. The van der Waals surface area contributed by atoms with E-state index in [1.807, 2.05) is 18.4 Å². The second-order valence-electron chi connectivity index (χ2n) is 4.74. The SMILES string of the molecule is CCCn1cc(S(=O)(=O)NCCOCC)cc1CNCC. The Morgan fingerprint density at radius 3 is 2.67 bits per heavy atom. The van der Waals surface area contributed by atoms with E-state index in [0.29, 0.717) is 24.7 Å². The van der Waals surface area contributed by atoms with E-state index >= 15 is 0 Å². The largest absolute Gasteiger partial charge is 0.380 e. The molecule has 0 spiro atoms. The van der Waals surface area contributed by atoms with Crippen LogP contribution in [0.5, 0.6) is 0 Å². The maximum absolute atomic E-state index is 12.2. The van der Waals surface area contributed by atoms with Gasteiger partial charge in [0.2, 0.25) is 10.0 Å². The zero-order chi connectivity index (χ0) is 15.7. The lowest BCUT2D eigenvalue weighted by Gasteiger charge is -2.07. The van der Waals surface area contributed by atoms with E-state index in [9.17, 15) is 8.42 Å². The molecule has 0 unspecified atom stereocenters. The number of aryl methyl sites for hydroxylation is 1. The number of nitrogens with one attached hydrogen (secondary N) is 2. The topological polar surface area (TPSA) is 72.4 Å². The summed E-state index contributed by atoms with van der Waals surface area (Å²) >= 11 is 0. The minimum Gasteiger partial charge on any atom is -0.380 e. The van der Waals surface area contributed by atoms with Crippen LogP contribution < -0.4 is 10.0 Å². The van der Waals surface area contributed by atoms with E-state index in [1.165, 1.54) is 0 Å². The van der Waals surface area contributed by atoms with Crippen LogP contribution in [0.4, 0.5) is 0 Å². The van der Waals surface area contributed by atoms with Gasteiger partial charge in [0.05, 0.1) is 11.5 Å². The molecule has 0 amide bonds. The summed E-state index contributed by atoms with van der Waals surface area (Å²) in [5.74, 6) is 0. The van der Waals surface area contributed by atoms with Crippen LogP contribution in [-0.4, -0.2) is 39.3 Å². The van der Waals surface area contributed by atoms with Crippen molar-refractivity contribution >= 4 is 10.0 Å². The van der Waals surface area contributed by atoms with Crippen LogP contribution in [0.1, 0.15) is 32.9 Å². The zero-order valence-corrected chi connectivity index (χ0v) is 14.0. The molecule has 1 aromatic heterocycles. The highest BCUT2D eigenvalue weighted by Gasteiger charge is 2.17. The number of hydrogen-bond acceptors (Lipinski definition) is 4. The quantitative estimate of drug-likeness (QED) is 0.604. The van der Waals surface area contributed by atoms with Crippen molar-refractivity contribution in [3.05, 3.63) is 18.0 Å². The third-order valence-electron chi connectivity index (χ3n) is 3.03. The van der Waals surface area contributed by atoms with Crippen LogP contribution in [0.3, 0.4) is 0 Å². The Morgan fingerprint density at radius 1 is 1.29 bits per heavy atom. The molecular weight excluding hydrogens is 290 g/mol. The van der Waals surface area contributed by atoms with Gasteiger partial charge in [-0.05, 0) is 26.0 Å². The van der Waals surface area contributed by atoms with Gasteiger partial charge in [-0.25, -0.2) is 13.1 Å². The van der Waals surface area contributed by atoms with Gasteiger partial charge in [0.15, 0.2) is 0 Å². The third-order valence-corrected chi connectivity index (χ3v) is 4.46. The Hall–Kier alpha value is -0.890. The smallest absolute Gasteiger partial charge is 0.242 e. The van der Waals surface area contributed by atoms with Crippen molar-refractivity contribution in [3.63, 3.8) is 0 Å². The predicted octanol–water partition coefficient (Wildman–Crippen LogP) is 1.32. The van der Waals surface area contributed by atoms with Crippen LogP contribution in [0.25, 0.3) is 0 Å². The van der Waals surface area contributed by atoms with Crippen molar-refractivity contribution in [1.82, 2.24) is 14.6 Å². The fourth-order valence-electron chi connectivity index (χ4n) is 2.00. The number of rotatable bonds is 11. The molecule has 0 atom stereocenters. The minimum atomic E-state index is -3.46. The Balaban J connectivity index is 2.80. The first-order chi connectivity index (χ1) is 10.0. The fraction of sp³-hybridized carbons (Fsp3) is 0.714. The molecule has 0 saturated carbocycles. The van der Waals surface area contributed by atoms with Crippen LogP contribution in [-0.2, 0) is 27.8 Å². The molecule has 6 nitrogen and oxygen atoms in total. The monoisotopic (exact) mass is 317 g/mol. The lowest BCUT2D eigenvalue weighted by Crippen LogP contribution is -2.27. The summed E-state index contributed by atoms with van der Waals surface area (Å²) in [5, 5.41) is 3.23. The van der Waals surface area contributed by atoms with Crippen LogP contribution >= 0.6 is 0 Å². The number of nitrogens with zero attached hydrogens (tertiary/aromatic N) is 1. The highest BCUT2D eigenvalue weighted by molar-refractivity contribution is 7.89. The Morgan fingerprint density at radius 2 is 2.05 bits per heavy atom. The maximum atomic E-state index is 12.2. The number of hydrogen-bond donors (Lipinski definition) is 2. The van der Waals surface area contributed by atoms with Gasteiger partial charge in [0, 0.05) is 38.1 Å². The molecule has 1 heterocycles. The summed E-state index contributed by atoms with van der Waals surface area (Å²) < 4.78 is 34.2. The Kier molecular flexibility index (Phi) is 7.95. The summed E-state index contributed by atoms with van der Waals surface area (Å²) in [4.78, 5) is 0.320. The fourth-order valence-corrected chi connectivity index (χ4v) is 3.07. The van der Waals surface area contributed by atoms with E-state index in [2.05, 4.69) is 17.0 Å². The molecule has 0 fully saturated rings. The molecule has 0 radical (unpaired) electrons. The van der Waals surface area contributed by atoms with Crippen molar-refractivity contribution in [2.24, 2.45) is 0 Å². The highest BCUT2D eigenvalue weighted by Crippen LogP contribution is 2.15. The Bertz CT molecular complexity index is 512. The minimum absolute atomic E-state index is 0.289. The molecule has 0 aromatic carbocycles. The molecule has 0 bridgehead atoms. The zero-order valence-electron chi connectivity index (χ0n) is 13.2. The molecule has 0 aliphatic rings. The molecule has 7 heteroatoms. The van der Waals surface area contributed by atoms with Gasteiger partial charge in [0.25, 0.3) is 0 Å². The molecule has 0 aliphatic carbocycles. The van der Waals surface area contributed by atoms with Gasteiger partial charge >= 0.3 is 0 Å². The second kappa shape index (κ2) is 9.19. The first kappa shape index (κ1) is 18.2. The van der Waals surface area contributed by atoms with Crippen molar-refractivity contribution in [3.8, 4) is 0 Å². The average Bonchev–Trinajstić information content (AvgIpc) is 2.86. The van der Waals surface area contributed by atoms with E-state index < -0.39 is 10.0 Å². The van der Waals surface area contributed by atoms with Crippen LogP contribution in [0.2, 0.25) is 0 Å². The molecule has 2 N–H and O–H groups in total. The summed E-state index contributed by atoms with van der Waals surface area (Å²) in [6.07, 6.45) is 2.67. The van der Waals surface area contributed by atoms with Crippen molar-refractivity contribution in [2.75, 3.05) is 26.3 Å². The van der Waals surface area contributed by atoms with Crippen molar-refractivity contribution in [2.45, 2.75) is 45.2 Å². The first-order valence-corrected chi connectivity index (χ1v) is 9.00. The highest BCUT2D eigenvalue weighted by atomic mass is 32.2. The number of sulfonamides is 1. The van der Waals surface area contributed by atoms with Gasteiger partial charge < -0.3 is 14.6 Å². The van der Waals surface area contributed by atoms with E-state index in [4.69, 9.17) is 4.74 Å². The van der Waals surface area contributed by atoms with Crippen LogP contribution in [0.15, 0.2) is 17.2 Å². The Labute approximate surface area is 127 Å². The van der Waals surface area contributed by atoms with Gasteiger partial charge in [-0.1, -0.05) is 13.8 Å². The molecular formula is C14H27N3O3S. The molecule has 21 heavy (non-hydrogen) atoms. The summed E-state index contributed by atoms with van der Waals surface area (Å²) in [5.41, 5.74) is 0.990. The van der Waals surface area contributed by atoms with Gasteiger partial charge in [-0.2, -0.15) is 0 Å². The van der Waals surface area contributed by atoms with E-state index in [0.717, 1.165) is 25.2 Å². The van der Waals surface area contributed by atoms with Crippen LogP contribution in [0, 0.1) is 0 Å². The van der Waals surface area contributed by atoms with Gasteiger partial charge in [0.1, 0.15) is 0 Å². The number of ether oxygens (including phenoxy) is 1. The van der Waals surface area contributed by atoms with Crippen molar-refractivity contribution in [1.29, 1.82) is 0 Å². The molecule has 0 aliphatic heterocycles. The molecule has 122 valence electrons. The number of aromatic nitrogens is 1. The summed E-state index contributed by atoms with van der Waals surface area (Å²) in [6.45, 7) is 9.58. The second-order valence-corrected chi connectivity index (χ2v) is 6.50. The average molecular weight is 317 g/mol. The lowest BCUT2D eigenvalue weighted by molar-refractivity contribution is 0.153. The molecule has 1 aromatic rings. The summed E-state index contributed by atoms with van der Waals surface area (Å²) in [6, 6.07) is 1.74. The van der Waals surface area contributed by atoms with Gasteiger partial charge in [-0.15, -0.1) is 0 Å².